The summed E-state index contributed by atoms with van der Waals surface area (Å²) in [6.45, 7) is 2.54. The first-order chi connectivity index (χ1) is 9.77. The summed E-state index contributed by atoms with van der Waals surface area (Å²) in [5.74, 6) is -1.37. The number of primary sulfonamides is 1. The van der Waals surface area contributed by atoms with Crippen LogP contribution >= 0.6 is 15.9 Å². The number of unbranched alkanes of at least 4 members (excludes halogenated alkanes) is 3. The molecule has 0 heterocycles. The second-order valence-electron chi connectivity index (χ2n) is 4.63. The molecule has 0 saturated heterocycles. The number of halogens is 2. The Hall–Kier alpha value is -0.990. The van der Waals surface area contributed by atoms with Crippen LogP contribution in [0.5, 0.6) is 0 Å². The van der Waals surface area contributed by atoms with Crippen LogP contribution in [0.1, 0.15) is 43.0 Å². The molecule has 1 rings (SSSR count). The number of hydrogen-bond acceptors (Lipinski definition) is 3. The predicted molar refractivity (Wildman–Crippen MR) is 81.9 cm³/mol. The molecule has 0 spiro atoms. The van der Waals surface area contributed by atoms with Gasteiger partial charge in [0, 0.05) is 12.1 Å². The Morgan fingerprint density at radius 3 is 2.57 bits per heavy atom. The van der Waals surface area contributed by atoms with Gasteiger partial charge in [0.05, 0.1) is 9.37 Å². The molecule has 0 saturated carbocycles. The van der Waals surface area contributed by atoms with Gasteiger partial charge in [0.25, 0.3) is 5.91 Å². The number of hydrogen-bond donors (Lipinski definition) is 2. The van der Waals surface area contributed by atoms with Crippen LogP contribution in [-0.4, -0.2) is 20.9 Å². The molecule has 21 heavy (non-hydrogen) atoms. The van der Waals surface area contributed by atoms with Gasteiger partial charge < -0.3 is 5.32 Å². The van der Waals surface area contributed by atoms with Gasteiger partial charge >= 0.3 is 0 Å². The van der Waals surface area contributed by atoms with Gasteiger partial charge in [0.2, 0.25) is 10.0 Å². The Bertz CT molecular complexity index is 620. The fraction of sp³-hybridized carbons (Fsp3) is 0.462. The number of nitrogens with one attached hydrogen (secondary N) is 1. The summed E-state index contributed by atoms with van der Waals surface area (Å²) in [4.78, 5) is 11.4. The molecule has 0 fully saturated rings. The van der Waals surface area contributed by atoms with Crippen molar-refractivity contribution < 1.29 is 17.6 Å². The van der Waals surface area contributed by atoms with Crippen LogP contribution in [0.3, 0.4) is 0 Å². The molecule has 0 aliphatic rings. The van der Waals surface area contributed by atoms with Crippen molar-refractivity contribution >= 4 is 31.9 Å². The second kappa shape index (κ2) is 7.86. The zero-order valence-corrected chi connectivity index (χ0v) is 14.1. The van der Waals surface area contributed by atoms with E-state index in [4.69, 9.17) is 5.14 Å². The van der Waals surface area contributed by atoms with Crippen molar-refractivity contribution in [1.29, 1.82) is 0 Å². The SMILES string of the molecule is CCCCCCNC(=O)c1cc(F)c(Br)c(S(N)(=O)=O)c1. The number of carbonyl (C=O) groups is 1. The maximum absolute atomic E-state index is 13.7. The standard InChI is InChI=1S/C13H18BrFN2O3S/c1-2-3-4-5-6-17-13(18)9-7-10(15)12(14)11(8-9)21(16,19)20/h7-8H,2-6H2,1H3,(H,17,18)(H2,16,19,20). The molecule has 0 aromatic heterocycles. The Morgan fingerprint density at radius 2 is 2.00 bits per heavy atom. The summed E-state index contributed by atoms with van der Waals surface area (Å²) < 4.78 is 36.1. The Balaban J connectivity index is 2.84. The van der Waals surface area contributed by atoms with Crippen molar-refractivity contribution in [2.24, 2.45) is 5.14 Å². The van der Waals surface area contributed by atoms with Gasteiger partial charge in [-0.05, 0) is 34.5 Å². The average molecular weight is 381 g/mol. The van der Waals surface area contributed by atoms with Crippen molar-refractivity contribution in [2.75, 3.05) is 6.54 Å². The van der Waals surface area contributed by atoms with E-state index in [9.17, 15) is 17.6 Å². The van der Waals surface area contributed by atoms with E-state index < -0.39 is 26.6 Å². The van der Waals surface area contributed by atoms with Crippen LogP contribution in [0.25, 0.3) is 0 Å². The molecule has 0 unspecified atom stereocenters. The van der Waals surface area contributed by atoms with Crippen LogP contribution < -0.4 is 10.5 Å². The van der Waals surface area contributed by atoms with Crippen LogP contribution in [0.15, 0.2) is 21.5 Å². The highest BCUT2D eigenvalue weighted by Gasteiger charge is 2.20. The number of rotatable bonds is 7. The molecule has 1 aromatic rings. The monoisotopic (exact) mass is 380 g/mol. The summed E-state index contributed by atoms with van der Waals surface area (Å²) in [6, 6.07) is 2.03. The topological polar surface area (TPSA) is 89.3 Å². The molecule has 0 radical (unpaired) electrons. The molecular formula is C13H18BrFN2O3S. The zero-order valence-electron chi connectivity index (χ0n) is 11.7. The first kappa shape index (κ1) is 18.1. The average Bonchev–Trinajstić information content (AvgIpc) is 2.39. The lowest BCUT2D eigenvalue weighted by atomic mass is 10.2. The first-order valence-electron chi connectivity index (χ1n) is 6.57. The molecule has 0 atom stereocenters. The normalized spacial score (nSPS) is 11.4. The minimum absolute atomic E-state index is 0.0739. The van der Waals surface area contributed by atoms with E-state index in [1.807, 2.05) is 0 Å². The molecule has 1 aromatic carbocycles. The van der Waals surface area contributed by atoms with Gasteiger partial charge in [-0.15, -0.1) is 0 Å². The first-order valence-corrected chi connectivity index (χ1v) is 8.91. The molecule has 1 amide bonds. The Morgan fingerprint density at radius 1 is 1.33 bits per heavy atom. The van der Waals surface area contributed by atoms with E-state index >= 15 is 0 Å². The molecule has 0 aliphatic heterocycles. The van der Waals surface area contributed by atoms with Crippen molar-refractivity contribution in [3.8, 4) is 0 Å². The zero-order chi connectivity index (χ0) is 16.0. The lowest BCUT2D eigenvalue weighted by molar-refractivity contribution is 0.0952. The van der Waals surface area contributed by atoms with Crippen molar-refractivity contribution in [2.45, 2.75) is 37.5 Å². The molecular weight excluding hydrogens is 363 g/mol. The van der Waals surface area contributed by atoms with E-state index in [-0.39, 0.29) is 10.0 Å². The molecule has 0 bridgehead atoms. The third kappa shape index (κ3) is 5.37. The second-order valence-corrected chi connectivity index (χ2v) is 6.95. The van der Waals surface area contributed by atoms with Crippen LogP contribution in [0, 0.1) is 5.82 Å². The summed E-state index contributed by atoms with van der Waals surface area (Å²) in [6.07, 6.45) is 3.98. The lowest BCUT2D eigenvalue weighted by Crippen LogP contribution is -2.25. The minimum atomic E-state index is -4.11. The fourth-order valence-corrected chi connectivity index (χ4v) is 3.30. The highest BCUT2D eigenvalue weighted by molar-refractivity contribution is 9.10. The quantitative estimate of drug-likeness (QED) is 0.712. The van der Waals surface area contributed by atoms with Gasteiger partial charge in [-0.25, -0.2) is 17.9 Å². The van der Waals surface area contributed by atoms with Crippen molar-refractivity contribution in [1.82, 2.24) is 5.32 Å². The smallest absolute Gasteiger partial charge is 0.251 e. The minimum Gasteiger partial charge on any atom is -0.352 e. The molecule has 118 valence electrons. The summed E-state index contributed by atoms with van der Waals surface area (Å²) in [5.41, 5.74) is -0.0739. The summed E-state index contributed by atoms with van der Waals surface area (Å²) in [7, 11) is -4.11. The molecule has 5 nitrogen and oxygen atoms in total. The molecule has 0 aliphatic carbocycles. The third-order valence-electron chi connectivity index (χ3n) is 2.88. The Labute approximate surface area is 132 Å². The largest absolute Gasteiger partial charge is 0.352 e. The van der Waals surface area contributed by atoms with Gasteiger partial charge in [-0.3, -0.25) is 4.79 Å². The maximum Gasteiger partial charge on any atom is 0.251 e. The van der Waals surface area contributed by atoms with E-state index in [1.54, 1.807) is 0 Å². The Kier molecular flexibility index (Phi) is 6.76. The molecule has 8 heteroatoms. The van der Waals surface area contributed by atoms with Gasteiger partial charge in [-0.2, -0.15) is 0 Å². The highest BCUT2D eigenvalue weighted by Crippen LogP contribution is 2.25. The van der Waals surface area contributed by atoms with Crippen LogP contribution in [0.4, 0.5) is 4.39 Å². The van der Waals surface area contributed by atoms with Crippen LogP contribution in [-0.2, 0) is 10.0 Å². The van der Waals surface area contributed by atoms with Gasteiger partial charge in [-0.1, -0.05) is 26.2 Å². The maximum atomic E-state index is 13.7. The van der Waals surface area contributed by atoms with Gasteiger partial charge in [0.15, 0.2) is 0 Å². The number of nitrogens with two attached hydrogens (primary N) is 1. The summed E-state index contributed by atoms with van der Waals surface area (Å²) in [5, 5.41) is 7.62. The van der Waals surface area contributed by atoms with E-state index in [2.05, 4.69) is 28.2 Å². The van der Waals surface area contributed by atoms with E-state index in [0.717, 1.165) is 37.8 Å². The predicted octanol–water partition coefficient (Wildman–Crippen LogP) is 2.55. The number of sulfonamides is 1. The number of benzene rings is 1. The number of carbonyl (C=O) groups excluding carboxylic acids is 1. The highest BCUT2D eigenvalue weighted by atomic mass is 79.9. The van der Waals surface area contributed by atoms with E-state index in [0.29, 0.717) is 6.54 Å². The molecule has 3 N–H and O–H groups in total. The third-order valence-corrected chi connectivity index (χ3v) is 4.88. The van der Waals surface area contributed by atoms with E-state index in [1.165, 1.54) is 0 Å². The van der Waals surface area contributed by atoms with Crippen LogP contribution in [0.2, 0.25) is 0 Å². The van der Waals surface area contributed by atoms with Crippen molar-refractivity contribution in [3.63, 3.8) is 0 Å². The van der Waals surface area contributed by atoms with Crippen molar-refractivity contribution in [3.05, 3.63) is 28.0 Å². The number of amides is 1. The summed E-state index contributed by atoms with van der Waals surface area (Å²) >= 11 is 2.81. The lowest BCUT2D eigenvalue weighted by Gasteiger charge is -2.08. The fourth-order valence-electron chi connectivity index (χ4n) is 1.76. The van der Waals surface area contributed by atoms with Gasteiger partial charge in [0.1, 0.15) is 5.82 Å².